The average molecular weight is 510 g/mol. The maximum atomic E-state index is 12.7. The highest BCUT2D eigenvalue weighted by Crippen LogP contribution is 2.43. The first-order valence-electron chi connectivity index (χ1n) is 10.8. The monoisotopic (exact) mass is 509 g/mol. The van der Waals surface area contributed by atoms with E-state index in [1.165, 1.54) is 13.2 Å². The van der Waals surface area contributed by atoms with Crippen LogP contribution in [-0.4, -0.2) is 47.2 Å². The summed E-state index contributed by atoms with van der Waals surface area (Å²) in [5.41, 5.74) is 2.10. The fourth-order valence-corrected chi connectivity index (χ4v) is 4.52. The summed E-state index contributed by atoms with van der Waals surface area (Å²) in [6, 6.07) is 15.5. The Morgan fingerprint density at radius 3 is 2.53 bits per heavy atom. The van der Waals surface area contributed by atoms with Crippen LogP contribution in [0.5, 0.6) is 23.0 Å². The highest BCUT2D eigenvalue weighted by molar-refractivity contribution is 6.31. The molecule has 2 N–H and O–H groups in total. The first-order chi connectivity index (χ1) is 17.4. The maximum absolute atomic E-state index is 12.7. The van der Waals surface area contributed by atoms with Crippen LogP contribution in [0.2, 0.25) is 5.02 Å². The molecule has 0 spiro atoms. The van der Waals surface area contributed by atoms with Gasteiger partial charge in [-0.3, -0.25) is 0 Å². The smallest absolute Gasteiger partial charge is 0.353 e. The Kier molecular flexibility index (Phi) is 6.07. The summed E-state index contributed by atoms with van der Waals surface area (Å²) in [7, 11) is 1.47. The van der Waals surface area contributed by atoms with E-state index >= 15 is 0 Å². The van der Waals surface area contributed by atoms with Crippen molar-refractivity contribution in [2.75, 3.05) is 20.5 Å². The first-order valence-corrected chi connectivity index (χ1v) is 11.2. The van der Waals surface area contributed by atoms with Gasteiger partial charge in [-0.15, -0.1) is 0 Å². The van der Waals surface area contributed by atoms with E-state index in [9.17, 15) is 14.7 Å². The molecule has 5 rings (SSSR count). The molecular weight excluding hydrogens is 490 g/mol. The number of nitrogens with zero attached hydrogens (tertiary/aromatic N) is 1. The van der Waals surface area contributed by atoms with Crippen molar-refractivity contribution in [1.82, 2.24) is 4.57 Å². The molecule has 0 radical (unpaired) electrons. The Morgan fingerprint density at radius 1 is 1.06 bits per heavy atom. The standard InChI is InChI=1S/C26H20ClNO8/c1-33-15-6-7-17(20(9-15)34-12-23(29)30)24-16-4-2-3-5-19(16)28(25(24)26(31)32)11-14-8-21-22(10-18(14)27)36-13-35-21/h2-10H,11-13H2,1H3,(H,29,30)(H,31,32). The maximum Gasteiger partial charge on any atom is 0.353 e. The minimum Gasteiger partial charge on any atom is -0.497 e. The topological polar surface area (TPSA) is 116 Å². The molecule has 184 valence electrons. The van der Waals surface area contributed by atoms with Crippen molar-refractivity contribution in [2.24, 2.45) is 0 Å². The molecule has 0 bridgehead atoms. The van der Waals surface area contributed by atoms with E-state index in [2.05, 4.69) is 0 Å². The van der Waals surface area contributed by atoms with E-state index in [1.807, 2.05) is 12.1 Å². The van der Waals surface area contributed by atoms with Crippen molar-refractivity contribution in [3.05, 3.63) is 70.9 Å². The Morgan fingerprint density at radius 2 is 1.81 bits per heavy atom. The van der Waals surface area contributed by atoms with Gasteiger partial charge < -0.3 is 33.7 Å². The second-order valence-corrected chi connectivity index (χ2v) is 8.38. The van der Waals surface area contributed by atoms with Gasteiger partial charge in [-0.05, 0) is 29.8 Å². The summed E-state index contributed by atoms with van der Waals surface area (Å²) >= 11 is 6.51. The highest BCUT2D eigenvalue weighted by Gasteiger charge is 2.27. The molecule has 36 heavy (non-hydrogen) atoms. The molecule has 1 aliphatic rings. The number of para-hydroxylation sites is 1. The lowest BCUT2D eigenvalue weighted by molar-refractivity contribution is -0.139. The van der Waals surface area contributed by atoms with Crippen LogP contribution in [0.4, 0.5) is 0 Å². The summed E-state index contributed by atoms with van der Waals surface area (Å²) in [5.74, 6) is -0.656. The van der Waals surface area contributed by atoms with Crippen molar-refractivity contribution in [2.45, 2.75) is 6.54 Å². The number of methoxy groups -OCH3 is 1. The van der Waals surface area contributed by atoms with Gasteiger partial charge in [-0.1, -0.05) is 29.8 Å². The molecule has 1 aromatic heterocycles. The van der Waals surface area contributed by atoms with Crippen molar-refractivity contribution in [1.29, 1.82) is 0 Å². The molecule has 10 heteroatoms. The number of halogens is 1. The zero-order chi connectivity index (χ0) is 25.4. The number of aromatic nitrogens is 1. The second kappa shape index (κ2) is 9.35. The van der Waals surface area contributed by atoms with E-state index in [1.54, 1.807) is 41.0 Å². The van der Waals surface area contributed by atoms with Crippen LogP contribution in [0, 0.1) is 0 Å². The highest BCUT2D eigenvalue weighted by atomic mass is 35.5. The van der Waals surface area contributed by atoms with E-state index in [0.717, 1.165) is 0 Å². The summed E-state index contributed by atoms with van der Waals surface area (Å²) in [5, 5.41) is 20.6. The van der Waals surface area contributed by atoms with Crippen LogP contribution in [-0.2, 0) is 11.3 Å². The number of hydrogen-bond donors (Lipinski definition) is 2. The van der Waals surface area contributed by atoms with Crippen LogP contribution in [0.25, 0.3) is 22.0 Å². The lowest BCUT2D eigenvalue weighted by Gasteiger charge is -2.14. The van der Waals surface area contributed by atoms with Crippen molar-refractivity contribution < 1.29 is 38.7 Å². The van der Waals surface area contributed by atoms with Crippen LogP contribution in [0.15, 0.2) is 54.6 Å². The largest absolute Gasteiger partial charge is 0.497 e. The fraction of sp³-hybridized carbons (Fsp3) is 0.154. The van der Waals surface area contributed by atoms with Crippen LogP contribution >= 0.6 is 11.6 Å². The van der Waals surface area contributed by atoms with E-state index in [-0.39, 0.29) is 24.8 Å². The fourth-order valence-electron chi connectivity index (χ4n) is 4.31. The molecule has 0 atom stereocenters. The number of carboxylic acids is 2. The number of carbonyl (C=O) groups is 2. The Labute approximate surface area is 209 Å². The number of hydrogen-bond acceptors (Lipinski definition) is 6. The Balaban J connectivity index is 1.73. The normalized spacial score (nSPS) is 12.1. The molecule has 1 aliphatic heterocycles. The van der Waals surface area contributed by atoms with E-state index in [0.29, 0.717) is 49.9 Å². The SMILES string of the molecule is COc1ccc(-c2c(C(=O)O)n(Cc3cc4c(cc3Cl)OCO4)c3ccccc23)c(OCC(=O)O)c1. The van der Waals surface area contributed by atoms with Crippen molar-refractivity contribution in [3.8, 4) is 34.1 Å². The number of ether oxygens (including phenoxy) is 4. The lowest BCUT2D eigenvalue weighted by Crippen LogP contribution is -2.12. The van der Waals surface area contributed by atoms with Gasteiger partial charge in [0.15, 0.2) is 18.1 Å². The number of rotatable bonds is 8. The molecule has 4 aromatic rings. The molecule has 0 saturated carbocycles. The van der Waals surface area contributed by atoms with E-state index < -0.39 is 18.5 Å². The number of carboxylic acid groups (broad SMARTS) is 2. The number of aliphatic carboxylic acids is 1. The van der Waals surface area contributed by atoms with Crippen molar-refractivity contribution in [3.63, 3.8) is 0 Å². The third kappa shape index (κ3) is 4.14. The molecular formula is C26H20ClNO8. The molecule has 0 fully saturated rings. The third-order valence-corrected chi connectivity index (χ3v) is 6.20. The minimum absolute atomic E-state index is 0.00437. The molecule has 0 saturated heterocycles. The predicted octanol–water partition coefficient (Wildman–Crippen LogP) is 4.91. The summed E-state index contributed by atoms with van der Waals surface area (Å²) in [4.78, 5) is 23.9. The minimum atomic E-state index is -1.17. The lowest BCUT2D eigenvalue weighted by atomic mass is 10.0. The van der Waals surface area contributed by atoms with Crippen LogP contribution < -0.4 is 18.9 Å². The molecule has 0 amide bonds. The van der Waals surface area contributed by atoms with Crippen LogP contribution in [0.3, 0.4) is 0 Å². The zero-order valence-corrected chi connectivity index (χ0v) is 19.7. The molecule has 3 aromatic carbocycles. The van der Waals surface area contributed by atoms with Gasteiger partial charge in [-0.25, -0.2) is 9.59 Å². The predicted molar refractivity (Wildman–Crippen MR) is 131 cm³/mol. The van der Waals surface area contributed by atoms with Gasteiger partial charge in [0.05, 0.1) is 13.7 Å². The van der Waals surface area contributed by atoms with Gasteiger partial charge in [0.25, 0.3) is 0 Å². The van der Waals surface area contributed by atoms with Crippen molar-refractivity contribution >= 4 is 34.4 Å². The van der Waals surface area contributed by atoms with Gasteiger partial charge in [0, 0.05) is 39.2 Å². The molecule has 2 heterocycles. The Bertz CT molecular complexity index is 1510. The number of fused-ring (bicyclic) bond motifs is 2. The quantitative estimate of drug-likeness (QED) is 0.344. The molecule has 9 nitrogen and oxygen atoms in total. The van der Waals surface area contributed by atoms with E-state index in [4.69, 9.17) is 35.7 Å². The summed E-state index contributed by atoms with van der Waals surface area (Å²) in [6.45, 7) is -0.379. The van der Waals surface area contributed by atoms with Gasteiger partial charge in [0.2, 0.25) is 6.79 Å². The Hall–Kier alpha value is -4.37. The molecule has 0 aliphatic carbocycles. The molecule has 0 unspecified atom stereocenters. The second-order valence-electron chi connectivity index (χ2n) is 7.97. The average Bonchev–Trinajstić information content (AvgIpc) is 3.44. The van der Waals surface area contributed by atoms with Gasteiger partial charge in [0.1, 0.15) is 17.2 Å². The van der Waals surface area contributed by atoms with Gasteiger partial charge >= 0.3 is 11.9 Å². The first kappa shape index (κ1) is 23.4. The number of aromatic carboxylic acids is 1. The third-order valence-electron chi connectivity index (χ3n) is 5.85. The number of benzene rings is 3. The summed E-state index contributed by atoms with van der Waals surface area (Å²) in [6.07, 6.45) is 0. The van der Waals surface area contributed by atoms with Crippen LogP contribution in [0.1, 0.15) is 16.1 Å². The zero-order valence-electron chi connectivity index (χ0n) is 19.0. The van der Waals surface area contributed by atoms with Gasteiger partial charge in [-0.2, -0.15) is 0 Å². The summed E-state index contributed by atoms with van der Waals surface area (Å²) < 4.78 is 23.3.